The zero-order chi connectivity index (χ0) is 16.8. The Morgan fingerprint density at radius 2 is 1.75 bits per heavy atom. The van der Waals surface area contributed by atoms with E-state index < -0.39 is 5.54 Å². The summed E-state index contributed by atoms with van der Waals surface area (Å²) in [5, 5.41) is 3.09. The third kappa shape index (κ3) is 4.13. The number of carbonyl (C=O) groups excluding carboxylic acids is 1. The molecule has 132 valence electrons. The number of morpholine rings is 1. The molecule has 1 amide bonds. The lowest BCUT2D eigenvalue weighted by atomic mass is 9.90. The highest BCUT2D eigenvalue weighted by atomic mass is 16.5. The largest absolute Gasteiger partial charge is 0.381 e. The van der Waals surface area contributed by atoms with Crippen LogP contribution in [0, 0.1) is 0 Å². The van der Waals surface area contributed by atoms with Gasteiger partial charge in [-0.2, -0.15) is 0 Å². The number of hydrogen-bond donors (Lipinski definition) is 2. The minimum Gasteiger partial charge on any atom is -0.381 e. The molecular weight excluding hydrogens is 306 g/mol. The van der Waals surface area contributed by atoms with E-state index in [9.17, 15) is 4.79 Å². The zero-order valence-corrected chi connectivity index (χ0v) is 14.1. The van der Waals surface area contributed by atoms with Gasteiger partial charge in [-0.15, -0.1) is 0 Å². The van der Waals surface area contributed by atoms with Crippen molar-refractivity contribution in [1.29, 1.82) is 0 Å². The standard InChI is InChI=1S/C18H27N3O3/c19-18(6-10-23-11-7-18)17(22)20-14-16(15-4-2-1-3-5-15)21-8-12-24-13-9-21/h1-5,16H,6-14,19H2,(H,20,22). The third-order valence-corrected chi connectivity index (χ3v) is 4.96. The van der Waals surface area contributed by atoms with E-state index in [4.69, 9.17) is 15.2 Å². The van der Waals surface area contributed by atoms with Gasteiger partial charge in [0.1, 0.15) is 0 Å². The van der Waals surface area contributed by atoms with Crippen molar-refractivity contribution in [2.75, 3.05) is 46.1 Å². The lowest BCUT2D eigenvalue weighted by Gasteiger charge is -2.36. The van der Waals surface area contributed by atoms with Crippen molar-refractivity contribution in [3.63, 3.8) is 0 Å². The smallest absolute Gasteiger partial charge is 0.240 e. The molecule has 1 aromatic rings. The fraction of sp³-hybridized carbons (Fsp3) is 0.611. The number of benzene rings is 1. The molecule has 2 fully saturated rings. The van der Waals surface area contributed by atoms with Gasteiger partial charge in [0.25, 0.3) is 0 Å². The molecular formula is C18H27N3O3. The van der Waals surface area contributed by atoms with E-state index in [-0.39, 0.29) is 11.9 Å². The molecule has 2 aliphatic rings. The fourth-order valence-electron chi connectivity index (χ4n) is 3.35. The minimum absolute atomic E-state index is 0.0695. The number of amides is 1. The van der Waals surface area contributed by atoms with Gasteiger partial charge in [-0.3, -0.25) is 9.69 Å². The predicted molar refractivity (Wildman–Crippen MR) is 91.6 cm³/mol. The molecule has 0 saturated carbocycles. The molecule has 24 heavy (non-hydrogen) atoms. The van der Waals surface area contributed by atoms with Crippen LogP contribution in [-0.2, 0) is 14.3 Å². The number of carbonyl (C=O) groups is 1. The van der Waals surface area contributed by atoms with E-state index in [1.54, 1.807) is 0 Å². The van der Waals surface area contributed by atoms with Gasteiger partial charge in [-0.1, -0.05) is 30.3 Å². The summed E-state index contributed by atoms with van der Waals surface area (Å²) >= 11 is 0. The van der Waals surface area contributed by atoms with Crippen molar-refractivity contribution < 1.29 is 14.3 Å². The maximum Gasteiger partial charge on any atom is 0.240 e. The maximum atomic E-state index is 12.6. The summed E-state index contributed by atoms with van der Waals surface area (Å²) in [6.07, 6.45) is 1.15. The number of ether oxygens (including phenoxy) is 2. The second kappa shape index (κ2) is 8.07. The van der Waals surface area contributed by atoms with Gasteiger partial charge in [0.05, 0.1) is 24.8 Å². The van der Waals surface area contributed by atoms with Crippen LogP contribution >= 0.6 is 0 Å². The Bertz CT molecular complexity index is 526. The van der Waals surface area contributed by atoms with Gasteiger partial charge in [0, 0.05) is 32.8 Å². The average Bonchev–Trinajstić information content (AvgIpc) is 2.64. The lowest BCUT2D eigenvalue weighted by molar-refractivity contribution is -0.130. The van der Waals surface area contributed by atoms with Gasteiger partial charge >= 0.3 is 0 Å². The van der Waals surface area contributed by atoms with E-state index in [0.717, 1.165) is 26.3 Å². The average molecular weight is 333 g/mol. The summed E-state index contributed by atoms with van der Waals surface area (Å²) < 4.78 is 10.8. The summed E-state index contributed by atoms with van der Waals surface area (Å²) in [4.78, 5) is 15.0. The lowest BCUT2D eigenvalue weighted by Crippen LogP contribution is -2.58. The Balaban J connectivity index is 1.66. The number of rotatable bonds is 5. The van der Waals surface area contributed by atoms with E-state index in [1.807, 2.05) is 18.2 Å². The van der Waals surface area contributed by atoms with Crippen LogP contribution in [0.15, 0.2) is 30.3 Å². The number of hydrogen-bond acceptors (Lipinski definition) is 5. The summed E-state index contributed by atoms with van der Waals surface area (Å²) in [5.74, 6) is -0.0695. The van der Waals surface area contributed by atoms with E-state index in [0.29, 0.717) is 32.6 Å². The Morgan fingerprint density at radius 3 is 2.42 bits per heavy atom. The SMILES string of the molecule is NC1(C(=O)NCC(c2ccccc2)N2CCOCC2)CCOCC1. The van der Waals surface area contributed by atoms with Crippen LogP contribution in [0.1, 0.15) is 24.4 Å². The second-order valence-corrected chi connectivity index (χ2v) is 6.55. The molecule has 1 aromatic carbocycles. The summed E-state index contributed by atoms with van der Waals surface area (Å²) in [7, 11) is 0. The van der Waals surface area contributed by atoms with Crippen LogP contribution in [0.5, 0.6) is 0 Å². The number of nitrogens with zero attached hydrogens (tertiary/aromatic N) is 1. The van der Waals surface area contributed by atoms with Crippen molar-refractivity contribution in [2.45, 2.75) is 24.4 Å². The van der Waals surface area contributed by atoms with Crippen molar-refractivity contribution in [1.82, 2.24) is 10.2 Å². The van der Waals surface area contributed by atoms with Crippen LogP contribution in [-0.4, -0.2) is 62.4 Å². The van der Waals surface area contributed by atoms with Crippen molar-refractivity contribution in [3.05, 3.63) is 35.9 Å². The first-order valence-electron chi connectivity index (χ1n) is 8.71. The normalized spacial score (nSPS) is 22.7. The molecule has 6 heteroatoms. The second-order valence-electron chi connectivity index (χ2n) is 6.55. The molecule has 0 bridgehead atoms. The molecule has 2 heterocycles. The van der Waals surface area contributed by atoms with Crippen LogP contribution in [0.2, 0.25) is 0 Å². The summed E-state index contributed by atoms with van der Waals surface area (Å²) in [6, 6.07) is 10.4. The number of nitrogens with one attached hydrogen (secondary N) is 1. The molecule has 1 atom stereocenters. The molecule has 0 spiro atoms. The van der Waals surface area contributed by atoms with Crippen LogP contribution < -0.4 is 11.1 Å². The molecule has 3 N–H and O–H groups in total. The van der Waals surface area contributed by atoms with E-state index in [2.05, 4.69) is 22.3 Å². The highest BCUT2D eigenvalue weighted by Gasteiger charge is 2.36. The predicted octanol–water partition coefficient (Wildman–Crippen LogP) is 0.684. The van der Waals surface area contributed by atoms with Crippen molar-refractivity contribution >= 4 is 5.91 Å². The van der Waals surface area contributed by atoms with Gasteiger partial charge in [-0.05, 0) is 18.4 Å². The van der Waals surface area contributed by atoms with Crippen molar-refractivity contribution in [3.8, 4) is 0 Å². The maximum absolute atomic E-state index is 12.6. The van der Waals surface area contributed by atoms with E-state index >= 15 is 0 Å². The highest BCUT2D eigenvalue weighted by molar-refractivity contribution is 5.86. The Labute approximate surface area is 143 Å². The first-order valence-corrected chi connectivity index (χ1v) is 8.71. The molecule has 2 saturated heterocycles. The fourth-order valence-corrected chi connectivity index (χ4v) is 3.35. The Hall–Kier alpha value is -1.47. The zero-order valence-electron chi connectivity index (χ0n) is 14.1. The Morgan fingerprint density at radius 1 is 1.12 bits per heavy atom. The monoisotopic (exact) mass is 333 g/mol. The minimum atomic E-state index is -0.801. The van der Waals surface area contributed by atoms with Crippen LogP contribution in [0.25, 0.3) is 0 Å². The molecule has 1 unspecified atom stereocenters. The third-order valence-electron chi connectivity index (χ3n) is 4.96. The number of nitrogens with two attached hydrogens (primary N) is 1. The van der Waals surface area contributed by atoms with Gasteiger partial charge in [0.15, 0.2) is 0 Å². The highest BCUT2D eigenvalue weighted by Crippen LogP contribution is 2.22. The molecule has 6 nitrogen and oxygen atoms in total. The molecule has 2 aliphatic heterocycles. The molecule has 0 radical (unpaired) electrons. The Kier molecular flexibility index (Phi) is 5.84. The van der Waals surface area contributed by atoms with Crippen molar-refractivity contribution in [2.24, 2.45) is 5.73 Å². The summed E-state index contributed by atoms with van der Waals surface area (Å²) in [5.41, 5.74) is 6.69. The van der Waals surface area contributed by atoms with Gasteiger partial charge in [0.2, 0.25) is 5.91 Å². The molecule has 3 rings (SSSR count). The van der Waals surface area contributed by atoms with Crippen LogP contribution in [0.4, 0.5) is 0 Å². The first kappa shape index (κ1) is 17.4. The molecule has 0 aliphatic carbocycles. The quantitative estimate of drug-likeness (QED) is 0.829. The van der Waals surface area contributed by atoms with Gasteiger partial charge in [-0.25, -0.2) is 0 Å². The summed E-state index contributed by atoms with van der Waals surface area (Å²) in [6.45, 7) is 4.87. The van der Waals surface area contributed by atoms with Crippen LogP contribution in [0.3, 0.4) is 0 Å². The first-order chi connectivity index (χ1) is 11.7. The topological polar surface area (TPSA) is 76.8 Å². The molecule has 0 aromatic heterocycles. The van der Waals surface area contributed by atoms with E-state index in [1.165, 1.54) is 5.56 Å². The van der Waals surface area contributed by atoms with Gasteiger partial charge < -0.3 is 20.5 Å².